The molecule has 24 heavy (non-hydrogen) atoms. The van der Waals surface area contributed by atoms with Gasteiger partial charge in [-0.3, -0.25) is 9.48 Å². The highest BCUT2D eigenvalue weighted by atomic mass is 32.1. The molecule has 1 aliphatic heterocycles. The molecule has 0 spiro atoms. The number of para-hydroxylation sites is 1. The zero-order valence-corrected chi connectivity index (χ0v) is 15.3. The van der Waals surface area contributed by atoms with E-state index in [0.717, 1.165) is 30.8 Å². The highest BCUT2D eigenvalue weighted by Crippen LogP contribution is 2.19. The van der Waals surface area contributed by atoms with E-state index in [1.165, 1.54) is 6.42 Å². The molecule has 1 N–H and O–H groups in total. The molecule has 1 atom stereocenters. The van der Waals surface area contributed by atoms with Gasteiger partial charge in [0.25, 0.3) is 5.56 Å². The van der Waals surface area contributed by atoms with Crippen LogP contribution in [0.25, 0.3) is 5.69 Å². The summed E-state index contributed by atoms with van der Waals surface area (Å²) < 4.78 is 3.53. The largest absolute Gasteiger partial charge is 0.346 e. The number of hydrogen-bond acceptors (Lipinski definition) is 2. The first-order chi connectivity index (χ1) is 11.5. The number of thiocarbonyl (C=S) groups is 1. The van der Waals surface area contributed by atoms with E-state index >= 15 is 0 Å². The second kappa shape index (κ2) is 6.81. The molecule has 0 bridgehead atoms. The second-order valence-corrected chi connectivity index (χ2v) is 6.79. The van der Waals surface area contributed by atoms with Crippen molar-refractivity contribution in [3.05, 3.63) is 46.4 Å². The van der Waals surface area contributed by atoms with Gasteiger partial charge < -0.3 is 10.2 Å². The van der Waals surface area contributed by atoms with Crippen LogP contribution in [0.1, 0.15) is 31.9 Å². The van der Waals surface area contributed by atoms with Crippen LogP contribution in [0.3, 0.4) is 0 Å². The highest BCUT2D eigenvalue weighted by Gasteiger charge is 2.23. The van der Waals surface area contributed by atoms with Gasteiger partial charge in [0.05, 0.1) is 11.4 Å². The summed E-state index contributed by atoms with van der Waals surface area (Å²) in [5.41, 5.74) is 2.20. The van der Waals surface area contributed by atoms with Crippen LogP contribution in [0.4, 0.5) is 5.69 Å². The SMILES string of the molecule is Cc1c(NC(=S)N2CCCCC2C)c(=O)n(-c2ccccc2)n1C. The molecule has 2 heterocycles. The lowest BCUT2D eigenvalue weighted by Gasteiger charge is -2.35. The number of rotatable bonds is 2. The minimum absolute atomic E-state index is 0.0757. The Morgan fingerprint density at radius 2 is 1.96 bits per heavy atom. The van der Waals surface area contributed by atoms with Crippen LogP contribution in [0, 0.1) is 6.92 Å². The van der Waals surface area contributed by atoms with Gasteiger partial charge >= 0.3 is 0 Å². The van der Waals surface area contributed by atoms with Crippen molar-refractivity contribution in [2.45, 2.75) is 39.2 Å². The van der Waals surface area contributed by atoms with Crippen molar-refractivity contribution in [3.63, 3.8) is 0 Å². The average Bonchev–Trinajstić information content (AvgIpc) is 2.79. The Morgan fingerprint density at radius 1 is 1.25 bits per heavy atom. The van der Waals surface area contributed by atoms with E-state index in [1.54, 1.807) is 4.68 Å². The molecule has 1 saturated heterocycles. The molecule has 2 aromatic rings. The third kappa shape index (κ3) is 2.98. The molecule has 0 aliphatic carbocycles. The summed E-state index contributed by atoms with van der Waals surface area (Å²) in [5.74, 6) is 0. The van der Waals surface area contributed by atoms with E-state index < -0.39 is 0 Å². The number of nitrogens with zero attached hydrogens (tertiary/aromatic N) is 3. The van der Waals surface area contributed by atoms with Crippen LogP contribution in [0.2, 0.25) is 0 Å². The van der Waals surface area contributed by atoms with Crippen molar-refractivity contribution in [3.8, 4) is 5.69 Å². The van der Waals surface area contributed by atoms with Crippen molar-refractivity contribution in [1.82, 2.24) is 14.3 Å². The van der Waals surface area contributed by atoms with E-state index in [1.807, 2.05) is 49.0 Å². The van der Waals surface area contributed by atoms with Crippen LogP contribution >= 0.6 is 12.2 Å². The van der Waals surface area contributed by atoms with Crippen molar-refractivity contribution in [2.75, 3.05) is 11.9 Å². The van der Waals surface area contributed by atoms with Crippen LogP contribution in [-0.2, 0) is 7.05 Å². The number of benzene rings is 1. The smallest absolute Gasteiger partial charge is 0.295 e. The van der Waals surface area contributed by atoms with Gasteiger partial charge in [0.2, 0.25) is 0 Å². The lowest BCUT2D eigenvalue weighted by Crippen LogP contribution is -2.44. The maximum Gasteiger partial charge on any atom is 0.295 e. The number of hydrogen-bond donors (Lipinski definition) is 1. The van der Waals surface area contributed by atoms with E-state index in [2.05, 4.69) is 17.1 Å². The predicted molar refractivity (Wildman–Crippen MR) is 102 cm³/mol. The fraction of sp³-hybridized carbons (Fsp3) is 0.444. The van der Waals surface area contributed by atoms with Gasteiger partial charge in [0, 0.05) is 19.6 Å². The first kappa shape index (κ1) is 16.8. The number of anilines is 1. The molecule has 0 amide bonds. The van der Waals surface area contributed by atoms with E-state index in [9.17, 15) is 4.79 Å². The lowest BCUT2D eigenvalue weighted by atomic mass is 10.0. The molecule has 0 saturated carbocycles. The zero-order valence-electron chi connectivity index (χ0n) is 14.5. The molecule has 128 valence electrons. The van der Waals surface area contributed by atoms with E-state index in [4.69, 9.17) is 12.2 Å². The number of likely N-dealkylation sites (tertiary alicyclic amines) is 1. The fourth-order valence-electron chi connectivity index (χ4n) is 3.29. The quantitative estimate of drug-likeness (QED) is 0.850. The highest BCUT2D eigenvalue weighted by molar-refractivity contribution is 7.80. The van der Waals surface area contributed by atoms with Gasteiger partial charge in [0.15, 0.2) is 5.11 Å². The Morgan fingerprint density at radius 3 is 2.62 bits per heavy atom. The Kier molecular flexibility index (Phi) is 4.76. The van der Waals surface area contributed by atoms with Crippen molar-refractivity contribution >= 4 is 23.0 Å². The summed E-state index contributed by atoms with van der Waals surface area (Å²) in [6.45, 7) is 5.07. The molecule has 1 unspecified atom stereocenters. The molecule has 1 fully saturated rings. The van der Waals surface area contributed by atoms with Crippen LogP contribution in [-0.4, -0.2) is 32.0 Å². The standard InChI is InChI=1S/C18H24N4OS/c1-13-9-7-8-12-21(13)18(24)19-16-14(2)20(3)22(17(16)23)15-10-5-4-6-11-15/h4-6,10-11,13H,7-9,12H2,1-3H3,(H,19,24). The van der Waals surface area contributed by atoms with Crippen molar-refractivity contribution in [2.24, 2.45) is 7.05 Å². The number of nitrogens with one attached hydrogen (secondary N) is 1. The molecule has 5 nitrogen and oxygen atoms in total. The summed E-state index contributed by atoms with van der Waals surface area (Å²) in [7, 11) is 1.89. The van der Waals surface area contributed by atoms with Gasteiger partial charge in [-0.05, 0) is 57.5 Å². The molecular weight excluding hydrogens is 320 g/mol. The van der Waals surface area contributed by atoms with Gasteiger partial charge in [-0.15, -0.1) is 0 Å². The van der Waals surface area contributed by atoms with Gasteiger partial charge in [-0.1, -0.05) is 18.2 Å². The van der Waals surface area contributed by atoms with Gasteiger partial charge in [-0.2, -0.15) is 0 Å². The molecule has 1 aromatic heterocycles. The summed E-state index contributed by atoms with van der Waals surface area (Å²) in [6.07, 6.45) is 3.53. The van der Waals surface area contributed by atoms with Gasteiger partial charge in [-0.25, -0.2) is 4.68 Å². The third-order valence-corrected chi connectivity index (χ3v) is 5.19. The Balaban J connectivity index is 1.92. The second-order valence-electron chi connectivity index (χ2n) is 6.40. The topological polar surface area (TPSA) is 42.2 Å². The van der Waals surface area contributed by atoms with Crippen LogP contribution < -0.4 is 10.9 Å². The fourth-order valence-corrected chi connectivity index (χ4v) is 3.66. The normalized spacial score (nSPS) is 17.8. The number of piperidine rings is 1. The summed E-state index contributed by atoms with van der Waals surface area (Å²) in [4.78, 5) is 15.1. The van der Waals surface area contributed by atoms with E-state index in [-0.39, 0.29) is 5.56 Å². The summed E-state index contributed by atoms with van der Waals surface area (Å²) >= 11 is 5.58. The Bertz CT molecular complexity index is 793. The van der Waals surface area contributed by atoms with Crippen LogP contribution in [0.5, 0.6) is 0 Å². The third-order valence-electron chi connectivity index (χ3n) is 4.85. The molecule has 6 heteroatoms. The van der Waals surface area contributed by atoms with Crippen molar-refractivity contribution < 1.29 is 0 Å². The van der Waals surface area contributed by atoms with Gasteiger partial charge in [0.1, 0.15) is 5.69 Å². The van der Waals surface area contributed by atoms with E-state index in [0.29, 0.717) is 16.8 Å². The molecule has 1 aliphatic rings. The zero-order chi connectivity index (χ0) is 17.3. The molecular formula is C18H24N4OS. The van der Waals surface area contributed by atoms with Crippen molar-refractivity contribution in [1.29, 1.82) is 0 Å². The Labute approximate surface area is 147 Å². The molecule has 1 aromatic carbocycles. The minimum Gasteiger partial charge on any atom is -0.346 e. The first-order valence-electron chi connectivity index (χ1n) is 8.42. The molecule has 0 radical (unpaired) electrons. The lowest BCUT2D eigenvalue weighted by molar-refractivity contribution is 0.262. The monoisotopic (exact) mass is 344 g/mol. The average molecular weight is 344 g/mol. The maximum atomic E-state index is 12.9. The predicted octanol–water partition coefficient (Wildman–Crippen LogP) is 3.06. The van der Waals surface area contributed by atoms with Crippen LogP contribution in [0.15, 0.2) is 35.1 Å². The molecule has 3 rings (SSSR count). The first-order valence-corrected chi connectivity index (χ1v) is 8.83. The summed E-state index contributed by atoms with van der Waals surface area (Å²) in [6, 6.07) is 10.1. The number of aromatic nitrogens is 2. The summed E-state index contributed by atoms with van der Waals surface area (Å²) in [5, 5.41) is 3.86. The Hall–Kier alpha value is -2.08. The minimum atomic E-state index is -0.0757. The maximum absolute atomic E-state index is 12.9.